The van der Waals surface area contributed by atoms with Gasteiger partial charge in [-0.2, -0.15) is 0 Å². The Morgan fingerprint density at radius 1 is 1.86 bits per heavy atom. The average Bonchev–Trinajstić information content (AvgIpc) is 2.46. The van der Waals surface area contributed by atoms with Crippen LogP contribution in [0.25, 0.3) is 0 Å². The number of hydrogen-bond donors (Lipinski definition) is 1. The molecule has 78 valence electrons. The van der Waals surface area contributed by atoms with Crippen molar-refractivity contribution in [1.29, 1.82) is 0 Å². The predicted molar refractivity (Wildman–Crippen MR) is 47.1 cm³/mol. The summed E-state index contributed by atoms with van der Waals surface area (Å²) < 4.78 is 5.99. The van der Waals surface area contributed by atoms with E-state index in [1.54, 1.807) is 6.92 Å². The first-order valence-corrected chi connectivity index (χ1v) is 3.98. The van der Waals surface area contributed by atoms with Gasteiger partial charge < -0.3 is 9.84 Å². The van der Waals surface area contributed by atoms with Gasteiger partial charge in [-0.25, -0.2) is 0 Å². The molecule has 0 radical (unpaired) electrons. The predicted octanol–water partition coefficient (Wildman–Crippen LogP) is 0.181. The average molecular weight is 201 g/mol. The minimum absolute atomic E-state index is 0.0457. The molecule has 0 aliphatic rings. The zero-order valence-corrected chi connectivity index (χ0v) is 7.88. The van der Waals surface area contributed by atoms with Crippen LogP contribution in [0.1, 0.15) is 6.92 Å². The van der Waals surface area contributed by atoms with Crippen LogP contribution in [0.2, 0.25) is 0 Å². The molecule has 0 saturated heterocycles. The summed E-state index contributed by atoms with van der Waals surface area (Å²) in [7, 11) is 1.31. The molecule has 0 fully saturated rings. The monoisotopic (exact) mass is 201 g/mol. The highest BCUT2D eigenvalue weighted by atomic mass is 16.6. The third-order valence-corrected chi connectivity index (χ3v) is 1.55. The highest BCUT2D eigenvalue weighted by Gasteiger charge is 2.20. The van der Waals surface area contributed by atoms with Gasteiger partial charge in [-0.3, -0.25) is 14.8 Å². The van der Waals surface area contributed by atoms with E-state index in [1.165, 1.54) is 18.0 Å². The number of nitrogens with zero attached hydrogens (tertiary/aromatic N) is 3. The molecule has 1 aromatic heterocycles. The number of ether oxygens (including phenoxy) is 1. The van der Waals surface area contributed by atoms with Gasteiger partial charge in [0, 0.05) is 0 Å². The Bertz CT molecular complexity index is 334. The van der Waals surface area contributed by atoms with Crippen LogP contribution in [0.3, 0.4) is 0 Å². The second-order valence-corrected chi connectivity index (χ2v) is 2.85. The Hall–Kier alpha value is -1.63. The number of hydrogen-bond acceptors (Lipinski definition) is 5. The summed E-state index contributed by atoms with van der Waals surface area (Å²) in [5, 5.41) is 23.3. The smallest absolute Gasteiger partial charge is 0.350 e. The van der Waals surface area contributed by atoms with E-state index in [-0.39, 0.29) is 18.1 Å². The van der Waals surface area contributed by atoms with Crippen LogP contribution in [0.5, 0.6) is 5.88 Å². The standard InChI is InChI=1S/C7H11N3O4/c1-5(11)3-9-4-6(10(12)13)7(8-9)14-2/h4-5,11H,3H2,1-2H3/t5-/m1/s1. The molecule has 1 rings (SSSR count). The molecule has 0 saturated carbocycles. The topological polar surface area (TPSA) is 90.4 Å². The van der Waals surface area contributed by atoms with E-state index in [1.807, 2.05) is 0 Å². The number of aliphatic hydroxyl groups excluding tert-OH is 1. The first kappa shape index (κ1) is 10.5. The summed E-state index contributed by atoms with van der Waals surface area (Å²) in [5.41, 5.74) is -0.201. The number of methoxy groups -OCH3 is 1. The van der Waals surface area contributed by atoms with E-state index in [4.69, 9.17) is 9.84 Å². The van der Waals surface area contributed by atoms with Crippen LogP contribution in [0.4, 0.5) is 5.69 Å². The van der Waals surface area contributed by atoms with Crippen molar-refractivity contribution < 1.29 is 14.8 Å². The zero-order chi connectivity index (χ0) is 10.7. The van der Waals surface area contributed by atoms with Crippen molar-refractivity contribution in [2.24, 2.45) is 0 Å². The highest BCUT2D eigenvalue weighted by molar-refractivity contribution is 5.38. The van der Waals surface area contributed by atoms with Crippen molar-refractivity contribution in [2.75, 3.05) is 7.11 Å². The van der Waals surface area contributed by atoms with Crippen molar-refractivity contribution in [3.63, 3.8) is 0 Å². The molecule has 0 aliphatic heterocycles. The van der Waals surface area contributed by atoms with Gasteiger partial charge in [0.1, 0.15) is 6.20 Å². The lowest BCUT2D eigenvalue weighted by molar-refractivity contribution is -0.385. The third kappa shape index (κ3) is 2.19. The van der Waals surface area contributed by atoms with E-state index in [9.17, 15) is 10.1 Å². The fourth-order valence-electron chi connectivity index (χ4n) is 1.03. The van der Waals surface area contributed by atoms with E-state index < -0.39 is 11.0 Å². The first-order chi connectivity index (χ1) is 6.54. The molecule has 14 heavy (non-hydrogen) atoms. The lowest BCUT2D eigenvalue weighted by atomic mass is 10.4. The van der Waals surface area contributed by atoms with Gasteiger partial charge in [-0.05, 0) is 6.92 Å². The lowest BCUT2D eigenvalue weighted by Gasteiger charge is -2.01. The molecule has 0 aliphatic carbocycles. The second kappa shape index (κ2) is 4.05. The molecule has 0 unspecified atom stereocenters. The summed E-state index contributed by atoms with van der Waals surface area (Å²) >= 11 is 0. The van der Waals surface area contributed by atoms with Crippen LogP contribution in [0, 0.1) is 10.1 Å². The second-order valence-electron chi connectivity index (χ2n) is 2.85. The van der Waals surface area contributed by atoms with Crippen molar-refractivity contribution in [3.8, 4) is 5.88 Å². The SMILES string of the molecule is COc1nn(C[C@@H](C)O)cc1[N+](=O)[O-]. The maximum Gasteiger partial charge on any atom is 0.350 e. The number of aromatic nitrogens is 2. The quantitative estimate of drug-likeness (QED) is 0.554. The van der Waals surface area contributed by atoms with Crippen LogP contribution in [-0.2, 0) is 6.54 Å². The van der Waals surface area contributed by atoms with Crippen molar-refractivity contribution in [1.82, 2.24) is 9.78 Å². The van der Waals surface area contributed by atoms with Crippen LogP contribution in [-0.4, -0.2) is 33.0 Å². The normalized spacial score (nSPS) is 12.5. The molecule has 0 bridgehead atoms. The fraction of sp³-hybridized carbons (Fsp3) is 0.571. The molecular formula is C7H11N3O4. The lowest BCUT2D eigenvalue weighted by Crippen LogP contribution is -2.11. The first-order valence-electron chi connectivity index (χ1n) is 3.98. The highest BCUT2D eigenvalue weighted by Crippen LogP contribution is 2.23. The minimum Gasteiger partial charge on any atom is -0.475 e. The van der Waals surface area contributed by atoms with E-state index in [2.05, 4.69) is 5.10 Å². The Balaban J connectivity index is 2.94. The Labute approximate surface area is 80.1 Å². The molecule has 0 amide bonds. The molecule has 0 spiro atoms. The molecule has 1 N–H and O–H groups in total. The van der Waals surface area contributed by atoms with Gasteiger partial charge in [0.15, 0.2) is 0 Å². The summed E-state index contributed by atoms with van der Waals surface area (Å²) in [6.45, 7) is 1.77. The maximum atomic E-state index is 10.5. The summed E-state index contributed by atoms with van der Waals surface area (Å²) in [6, 6.07) is 0. The Morgan fingerprint density at radius 2 is 2.50 bits per heavy atom. The van der Waals surface area contributed by atoms with Crippen molar-refractivity contribution in [2.45, 2.75) is 19.6 Å². The number of aliphatic hydroxyl groups is 1. The van der Waals surface area contributed by atoms with Crippen LogP contribution >= 0.6 is 0 Å². The van der Waals surface area contributed by atoms with Gasteiger partial charge >= 0.3 is 11.6 Å². The fourth-order valence-corrected chi connectivity index (χ4v) is 1.03. The van der Waals surface area contributed by atoms with Crippen molar-refractivity contribution in [3.05, 3.63) is 16.3 Å². The van der Waals surface area contributed by atoms with Gasteiger partial charge in [-0.1, -0.05) is 0 Å². The number of rotatable bonds is 4. The summed E-state index contributed by atoms with van der Waals surface area (Å²) in [6.07, 6.45) is 0.616. The zero-order valence-electron chi connectivity index (χ0n) is 7.88. The third-order valence-electron chi connectivity index (χ3n) is 1.55. The molecule has 0 aromatic carbocycles. The Kier molecular flexibility index (Phi) is 3.03. The van der Waals surface area contributed by atoms with Gasteiger partial charge in [0.05, 0.1) is 24.7 Å². The van der Waals surface area contributed by atoms with E-state index >= 15 is 0 Å². The molecule has 1 heterocycles. The largest absolute Gasteiger partial charge is 0.475 e. The van der Waals surface area contributed by atoms with Crippen LogP contribution < -0.4 is 4.74 Å². The molecular weight excluding hydrogens is 190 g/mol. The molecule has 7 heteroatoms. The van der Waals surface area contributed by atoms with Gasteiger partial charge in [0.2, 0.25) is 0 Å². The summed E-state index contributed by atoms with van der Waals surface area (Å²) in [4.78, 5) is 9.91. The summed E-state index contributed by atoms with van der Waals surface area (Å²) in [5.74, 6) is -0.0457. The molecule has 1 aromatic rings. The van der Waals surface area contributed by atoms with Gasteiger partial charge in [-0.15, -0.1) is 5.10 Å². The van der Waals surface area contributed by atoms with Crippen LogP contribution in [0.15, 0.2) is 6.20 Å². The maximum absolute atomic E-state index is 10.5. The molecule has 1 atom stereocenters. The minimum atomic E-state index is -0.612. The number of nitro groups is 1. The van der Waals surface area contributed by atoms with Gasteiger partial charge in [0.25, 0.3) is 0 Å². The Morgan fingerprint density at radius 3 is 2.86 bits per heavy atom. The van der Waals surface area contributed by atoms with E-state index in [0.717, 1.165) is 0 Å². The van der Waals surface area contributed by atoms with E-state index in [0.29, 0.717) is 0 Å². The molecule has 7 nitrogen and oxygen atoms in total. The van der Waals surface area contributed by atoms with Crippen molar-refractivity contribution >= 4 is 5.69 Å².